The molecule has 8 heteroatoms. The minimum atomic E-state index is -0.578. The maximum absolute atomic E-state index is 13.8. The number of carbonyl (C=O) groups excluding carboxylic acids is 2. The van der Waals surface area contributed by atoms with Gasteiger partial charge in [-0.05, 0) is 42.0 Å². The number of hydrogen-bond acceptors (Lipinski definition) is 5. The number of pyridine rings is 1. The van der Waals surface area contributed by atoms with Crippen LogP contribution >= 0.6 is 0 Å². The number of halogens is 1. The van der Waals surface area contributed by atoms with E-state index in [9.17, 15) is 18.8 Å². The molecule has 0 radical (unpaired) electrons. The summed E-state index contributed by atoms with van der Waals surface area (Å²) in [6.45, 7) is 4.47. The van der Waals surface area contributed by atoms with Crippen LogP contribution in [0.5, 0.6) is 5.75 Å². The highest BCUT2D eigenvalue weighted by atomic mass is 19.1. The van der Waals surface area contributed by atoms with Gasteiger partial charge in [-0.2, -0.15) is 0 Å². The van der Waals surface area contributed by atoms with E-state index in [0.717, 1.165) is 0 Å². The summed E-state index contributed by atoms with van der Waals surface area (Å²) in [6, 6.07) is 4.11. The van der Waals surface area contributed by atoms with Crippen molar-refractivity contribution in [2.24, 2.45) is 5.41 Å². The molecule has 158 valence electrons. The van der Waals surface area contributed by atoms with Crippen LogP contribution in [0.15, 0.2) is 23.0 Å². The summed E-state index contributed by atoms with van der Waals surface area (Å²) in [5.74, 6) is -0.503. The molecule has 1 aromatic carbocycles. The van der Waals surface area contributed by atoms with Gasteiger partial charge in [-0.15, -0.1) is 0 Å². The van der Waals surface area contributed by atoms with Gasteiger partial charge in [0, 0.05) is 29.8 Å². The molecule has 0 fully saturated rings. The van der Waals surface area contributed by atoms with Crippen LogP contribution in [0.3, 0.4) is 0 Å². The largest absolute Gasteiger partial charge is 0.467 e. The van der Waals surface area contributed by atoms with Gasteiger partial charge >= 0.3 is 0 Å². The van der Waals surface area contributed by atoms with E-state index >= 15 is 0 Å². The lowest BCUT2D eigenvalue weighted by Gasteiger charge is -2.29. The molecule has 2 heterocycles. The summed E-state index contributed by atoms with van der Waals surface area (Å²) < 4.78 is 24.5. The Hall–Kier alpha value is -3.00. The van der Waals surface area contributed by atoms with E-state index in [1.54, 1.807) is 0 Å². The van der Waals surface area contributed by atoms with Gasteiger partial charge in [0.1, 0.15) is 17.1 Å². The van der Waals surface area contributed by atoms with Crippen molar-refractivity contribution in [3.8, 4) is 5.75 Å². The Morgan fingerprint density at radius 2 is 2.03 bits per heavy atom. The number of Topliss-reactive ketones (excluding diaryl/α,β-unsaturated/α-hetero) is 1. The predicted octanol–water partition coefficient (Wildman–Crippen LogP) is 2.51. The van der Waals surface area contributed by atoms with E-state index in [2.05, 4.69) is 10.3 Å². The van der Waals surface area contributed by atoms with Crippen LogP contribution in [0.25, 0.3) is 0 Å². The number of fused-ring (bicyclic) bond motifs is 2. The molecule has 30 heavy (non-hydrogen) atoms. The Kier molecular flexibility index (Phi) is 5.19. The van der Waals surface area contributed by atoms with E-state index in [1.807, 2.05) is 13.8 Å². The Morgan fingerprint density at radius 3 is 2.83 bits per heavy atom. The first kappa shape index (κ1) is 20.3. The van der Waals surface area contributed by atoms with Crippen molar-refractivity contribution in [2.45, 2.75) is 39.7 Å². The SMILES string of the molecule is CC1(C)CC(=O)c2cc(C(=O)NCCc3cc(F)cc4c3OCOC4)c(=O)[nH]c2C1. The number of aromatic amines is 1. The number of carbonyl (C=O) groups is 2. The van der Waals surface area contributed by atoms with Crippen molar-refractivity contribution >= 4 is 11.7 Å². The number of rotatable bonds is 4. The normalized spacial score (nSPS) is 17.0. The highest BCUT2D eigenvalue weighted by Gasteiger charge is 2.32. The monoisotopic (exact) mass is 414 g/mol. The third kappa shape index (κ3) is 4.00. The Morgan fingerprint density at radius 1 is 1.23 bits per heavy atom. The van der Waals surface area contributed by atoms with Crippen molar-refractivity contribution < 1.29 is 23.5 Å². The molecular weight excluding hydrogens is 391 g/mol. The number of benzene rings is 1. The molecule has 2 aromatic rings. The number of ether oxygens (including phenoxy) is 2. The highest BCUT2D eigenvalue weighted by Crippen LogP contribution is 2.33. The van der Waals surface area contributed by atoms with Crippen molar-refractivity contribution in [3.63, 3.8) is 0 Å². The van der Waals surface area contributed by atoms with Crippen molar-refractivity contribution in [1.29, 1.82) is 0 Å². The zero-order chi connectivity index (χ0) is 21.5. The van der Waals surface area contributed by atoms with Crippen molar-refractivity contribution in [1.82, 2.24) is 10.3 Å². The number of hydrogen-bond donors (Lipinski definition) is 2. The zero-order valence-electron chi connectivity index (χ0n) is 16.9. The van der Waals surface area contributed by atoms with Crippen LogP contribution in [-0.2, 0) is 24.2 Å². The van der Waals surface area contributed by atoms with E-state index in [0.29, 0.717) is 47.4 Å². The molecule has 2 aliphatic rings. The van der Waals surface area contributed by atoms with Gasteiger partial charge in [0.25, 0.3) is 11.5 Å². The van der Waals surface area contributed by atoms with Crippen LogP contribution < -0.4 is 15.6 Å². The second kappa shape index (κ2) is 7.68. The molecule has 0 saturated heterocycles. The molecule has 7 nitrogen and oxygen atoms in total. The molecule has 0 atom stereocenters. The molecule has 4 rings (SSSR count). The molecule has 1 aliphatic heterocycles. The minimum absolute atomic E-state index is 0.0858. The summed E-state index contributed by atoms with van der Waals surface area (Å²) in [4.78, 5) is 40.1. The summed E-state index contributed by atoms with van der Waals surface area (Å²) >= 11 is 0. The Bertz CT molecular complexity index is 1090. The first-order valence-corrected chi connectivity index (χ1v) is 9.83. The van der Waals surface area contributed by atoms with Crippen LogP contribution in [0, 0.1) is 11.2 Å². The second-order valence-electron chi connectivity index (χ2n) is 8.52. The molecule has 1 aliphatic carbocycles. The summed E-state index contributed by atoms with van der Waals surface area (Å²) in [6.07, 6.45) is 1.25. The molecular formula is C22H23FN2O5. The lowest BCUT2D eigenvalue weighted by atomic mass is 9.75. The van der Waals surface area contributed by atoms with Crippen LogP contribution in [0.4, 0.5) is 4.39 Å². The summed E-state index contributed by atoms with van der Waals surface area (Å²) in [7, 11) is 0. The van der Waals surface area contributed by atoms with Gasteiger partial charge in [-0.1, -0.05) is 13.8 Å². The fourth-order valence-electron chi connectivity index (χ4n) is 4.04. The Balaban J connectivity index is 1.48. The summed E-state index contributed by atoms with van der Waals surface area (Å²) in [5, 5.41) is 2.67. The van der Waals surface area contributed by atoms with Gasteiger partial charge in [0.05, 0.1) is 6.61 Å². The van der Waals surface area contributed by atoms with Crippen LogP contribution in [0.2, 0.25) is 0 Å². The number of nitrogens with one attached hydrogen (secondary N) is 2. The van der Waals surface area contributed by atoms with Crippen LogP contribution in [0.1, 0.15) is 57.8 Å². The van der Waals surface area contributed by atoms with Gasteiger partial charge < -0.3 is 19.8 Å². The fraction of sp³-hybridized carbons (Fsp3) is 0.409. The maximum Gasteiger partial charge on any atom is 0.261 e. The lowest BCUT2D eigenvalue weighted by molar-refractivity contribution is -0.0172. The number of aromatic nitrogens is 1. The predicted molar refractivity (Wildman–Crippen MR) is 106 cm³/mol. The van der Waals surface area contributed by atoms with E-state index in [1.165, 1.54) is 18.2 Å². The smallest absolute Gasteiger partial charge is 0.261 e. The average molecular weight is 414 g/mol. The zero-order valence-corrected chi connectivity index (χ0v) is 16.9. The molecule has 2 N–H and O–H groups in total. The molecule has 1 aromatic heterocycles. The average Bonchev–Trinajstić information content (AvgIpc) is 2.66. The Labute approximate surface area is 172 Å². The third-order valence-corrected chi connectivity index (χ3v) is 5.39. The maximum atomic E-state index is 13.8. The van der Waals surface area contributed by atoms with Crippen molar-refractivity contribution in [3.05, 3.63) is 62.3 Å². The molecule has 0 saturated carbocycles. The molecule has 1 amide bonds. The highest BCUT2D eigenvalue weighted by molar-refractivity contribution is 6.02. The number of amides is 1. The standard InChI is InChI=1S/C22H23FN2O5/c1-22(2)8-17-15(18(26)9-22)7-16(21(28)25-17)20(27)24-4-3-12-5-14(23)6-13-10-29-11-30-19(12)13/h5-7H,3-4,8-11H2,1-2H3,(H,24,27)(H,25,28). The quantitative estimate of drug-likeness (QED) is 0.801. The van der Waals surface area contributed by atoms with Crippen molar-refractivity contribution in [2.75, 3.05) is 13.3 Å². The van der Waals surface area contributed by atoms with Gasteiger partial charge in [-0.3, -0.25) is 14.4 Å². The van der Waals surface area contributed by atoms with Crippen LogP contribution in [-0.4, -0.2) is 30.0 Å². The lowest BCUT2D eigenvalue weighted by Crippen LogP contribution is -2.35. The van der Waals surface area contributed by atoms with Gasteiger partial charge in [-0.25, -0.2) is 4.39 Å². The van der Waals surface area contributed by atoms with Gasteiger partial charge in [0.15, 0.2) is 12.6 Å². The third-order valence-electron chi connectivity index (χ3n) is 5.39. The minimum Gasteiger partial charge on any atom is -0.467 e. The number of H-pyrrole nitrogens is 1. The van der Waals surface area contributed by atoms with E-state index in [4.69, 9.17) is 9.47 Å². The van der Waals surface area contributed by atoms with E-state index in [-0.39, 0.29) is 36.7 Å². The topological polar surface area (TPSA) is 97.5 Å². The number of ketones is 1. The molecule has 0 spiro atoms. The van der Waals surface area contributed by atoms with Gasteiger partial charge in [0.2, 0.25) is 0 Å². The summed E-state index contributed by atoms with van der Waals surface area (Å²) in [5.41, 5.74) is 1.34. The fourth-order valence-corrected chi connectivity index (χ4v) is 4.04. The molecule has 0 bridgehead atoms. The molecule has 0 unspecified atom stereocenters. The second-order valence-corrected chi connectivity index (χ2v) is 8.52. The van der Waals surface area contributed by atoms with E-state index < -0.39 is 17.3 Å². The first-order chi connectivity index (χ1) is 14.2. The first-order valence-electron chi connectivity index (χ1n) is 9.83.